The maximum atomic E-state index is 15.3. The van der Waals surface area contributed by atoms with Gasteiger partial charge in [-0.3, -0.25) is 0 Å². The van der Waals surface area contributed by atoms with Crippen LogP contribution in [0.4, 0.5) is 15.9 Å². The van der Waals surface area contributed by atoms with Gasteiger partial charge >= 0.3 is 0 Å². The van der Waals surface area contributed by atoms with Crippen LogP contribution in [0.2, 0.25) is 0 Å². The number of nitrogens with zero attached hydrogens (tertiary/aromatic N) is 4. The molecule has 1 aromatic carbocycles. The molecule has 0 saturated heterocycles. The average molecular weight is 445 g/mol. The molecule has 0 radical (unpaired) electrons. The largest absolute Gasteiger partial charge is 0.351 e. The van der Waals surface area contributed by atoms with E-state index in [0.717, 1.165) is 47.1 Å². The number of nitrogens with one attached hydrogen (secondary N) is 2. The van der Waals surface area contributed by atoms with E-state index in [1.165, 1.54) is 12.4 Å². The number of rotatable bonds is 3. The molecule has 170 valence electrons. The highest BCUT2D eigenvalue weighted by molar-refractivity contribution is 5.78. The second kappa shape index (κ2) is 9.90. The molecule has 6 nitrogen and oxygen atoms in total. The summed E-state index contributed by atoms with van der Waals surface area (Å²) in [6, 6.07) is 5.40. The van der Waals surface area contributed by atoms with Crippen molar-refractivity contribution in [2.24, 2.45) is 5.92 Å². The summed E-state index contributed by atoms with van der Waals surface area (Å²) in [5, 5.41) is 11.9. The normalized spacial score (nSPS) is 17.3. The van der Waals surface area contributed by atoms with Crippen molar-refractivity contribution in [1.82, 2.24) is 25.1 Å². The van der Waals surface area contributed by atoms with Crippen LogP contribution < -0.4 is 5.32 Å². The highest BCUT2D eigenvalue weighted by Crippen LogP contribution is 2.40. The van der Waals surface area contributed by atoms with E-state index >= 15 is 4.39 Å². The maximum Gasteiger partial charge on any atom is 0.161 e. The smallest absolute Gasteiger partial charge is 0.161 e. The summed E-state index contributed by atoms with van der Waals surface area (Å²) in [7, 11) is 0. The van der Waals surface area contributed by atoms with E-state index in [1.54, 1.807) is 12.4 Å². The van der Waals surface area contributed by atoms with E-state index < -0.39 is 0 Å². The monoisotopic (exact) mass is 444 g/mol. The van der Waals surface area contributed by atoms with Crippen LogP contribution in [0.15, 0.2) is 55.8 Å². The second-order valence-electron chi connectivity index (χ2n) is 8.70. The van der Waals surface area contributed by atoms with E-state index in [0.29, 0.717) is 23.2 Å². The molecule has 3 aromatic rings. The molecule has 4 rings (SSSR count). The fraction of sp³-hybridized carbons (Fsp3) is 0.308. The number of aryl methyl sites for hydroxylation is 2. The number of allylic oxidation sites excluding steroid dienone is 1. The fourth-order valence-electron chi connectivity index (χ4n) is 4.55. The van der Waals surface area contributed by atoms with Crippen LogP contribution in [0, 0.1) is 25.6 Å². The maximum absolute atomic E-state index is 15.3. The van der Waals surface area contributed by atoms with E-state index in [4.69, 9.17) is 0 Å². The summed E-state index contributed by atoms with van der Waals surface area (Å²) in [4.78, 5) is 11.8. The van der Waals surface area contributed by atoms with Gasteiger partial charge in [-0.2, -0.15) is 0 Å². The van der Waals surface area contributed by atoms with Crippen molar-refractivity contribution in [3.63, 3.8) is 0 Å². The lowest BCUT2D eigenvalue weighted by molar-refractivity contribution is 0.463. The minimum atomic E-state index is -0.323. The van der Waals surface area contributed by atoms with Crippen LogP contribution in [0.1, 0.15) is 48.2 Å². The van der Waals surface area contributed by atoms with E-state index in [2.05, 4.69) is 50.0 Å². The number of fused-ring (bicyclic) bond motifs is 4. The summed E-state index contributed by atoms with van der Waals surface area (Å²) in [6.45, 7) is 10.1. The lowest BCUT2D eigenvalue weighted by Crippen LogP contribution is -2.12. The Balaban J connectivity index is 2.04. The van der Waals surface area contributed by atoms with Crippen molar-refractivity contribution in [1.29, 1.82) is 0 Å². The molecule has 0 fully saturated rings. The van der Waals surface area contributed by atoms with Crippen molar-refractivity contribution in [2.45, 2.75) is 46.0 Å². The molecule has 33 heavy (non-hydrogen) atoms. The Morgan fingerprint density at radius 3 is 2.76 bits per heavy atom. The zero-order chi connectivity index (χ0) is 23.4. The molecule has 7 heteroatoms. The topological polar surface area (TPSA) is 79.4 Å². The van der Waals surface area contributed by atoms with Crippen LogP contribution in [-0.4, -0.2) is 25.1 Å². The molecule has 0 amide bonds. The minimum absolute atomic E-state index is 0.127. The van der Waals surface area contributed by atoms with Gasteiger partial charge in [0.15, 0.2) is 5.82 Å². The second-order valence-corrected chi connectivity index (χ2v) is 8.70. The van der Waals surface area contributed by atoms with E-state index in [-0.39, 0.29) is 11.7 Å². The van der Waals surface area contributed by atoms with Crippen LogP contribution >= 0.6 is 0 Å². The third kappa shape index (κ3) is 5.08. The Morgan fingerprint density at radius 1 is 1.21 bits per heavy atom. The van der Waals surface area contributed by atoms with Gasteiger partial charge in [0.2, 0.25) is 0 Å². The standard InChI is InChI=1S/C26H29FN6/c1-5-6-20-10-16(2)9-19-11-22(21-13-29-18(4)30-14-21)26(33-31-15-28-12-19)32-25-23(27)8-7-17(3)24(20)25/h5,7-8,11-16,20H,1,6,9-10H2,2-4H3,(H,28,31)(H,32,33). The number of hydrogen-bond donors (Lipinski definition) is 2. The molecule has 2 unspecified atom stereocenters. The molecule has 3 heterocycles. The first kappa shape index (κ1) is 22.6. The van der Waals surface area contributed by atoms with Gasteiger partial charge < -0.3 is 10.3 Å². The van der Waals surface area contributed by atoms with Gasteiger partial charge in [0.1, 0.15) is 18.0 Å². The molecule has 0 spiro atoms. The lowest BCUT2D eigenvalue weighted by Gasteiger charge is -2.25. The van der Waals surface area contributed by atoms with Gasteiger partial charge in [0.25, 0.3) is 0 Å². The predicted octanol–water partition coefficient (Wildman–Crippen LogP) is 6.13. The average Bonchev–Trinajstić information content (AvgIpc) is 2.86. The van der Waals surface area contributed by atoms with Crippen LogP contribution in [0.3, 0.4) is 0 Å². The molecule has 2 bridgehead atoms. The first-order valence-corrected chi connectivity index (χ1v) is 11.2. The molecule has 0 saturated carbocycles. The van der Waals surface area contributed by atoms with Crippen molar-refractivity contribution >= 4 is 11.5 Å². The van der Waals surface area contributed by atoms with Gasteiger partial charge in [-0.15, -0.1) is 16.8 Å². The van der Waals surface area contributed by atoms with Gasteiger partial charge in [-0.05, 0) is 73.8 Å². The summed E-state index contributed by atoms with van der Waals surface area (Å²) < 4.78 is 15.3. The van der Waals surface area contributed by atoms with Crippen molar-refractivity contribution in [3.8, 4) is 11.1 Å². The Bertz CT molecular complexity index is 1200. The summed E-state index contributed by atoms with van der Waals surface area (Å²) in [5.41, 5.74) is 5.04. The summed E-state index contributed by atoms with van der Waals surface area (Å²) in [6.07, 6.45) is 11.4. The van der Waals surface area contributed by atoms with Crippen LogP contribution in [-0.2, 0) is 6.42 Å². The number of benzene rings is 1. The lowest BCUT2D eigenvalue weighted by atomic mass is 9.82. The van der Waals surface area contributed by atoms with Gasteiger partial charge in [-0.25, -0.2) is 14.4 Å². The molecule has 2 atom stereocenters. The Hall–Kier alpha value is -3.61. The molecule has 2 N–H and O–H groups in total. The number of halogens is 1. The molecular formula is C26H29FN6. The Kier molecular flexibility index (Phi) is 6.77. The fourth-order valence-corrected chi connectivity index (χ4v) is 4.55. The van der Waals surface area contributed by atoms with Crippen molar-refractivity contribution in [2.75, 3.05) is 5.32 Å². The van der Waals surface area contributed by atoms with E-state index in [1.807, 2.05) is 32.2 Å². The highest BCUT2D eigenvalue weighted by Gasteiger charge is 2.24. The molecule has 1 aliphatic heterocycles. The number of aromatic nitrogens is 5. The van der Waals surface area contributed by atoms with Crippen molar-refractivity contribution < 1.29 is 4.39 Å². The number of aromatic amines is 1. The zero-order valence-corrected chi connectivity index (χ0v) is 19.3. The molecule has 2 aromatic heterocycles. The zero-order valence-electron chi connectivity index (χ0n) is 19.3. The predicted molar refractivity (Wildman–Crippen MR) is 129 cm³/mol. The summed E-state index contributed by atoms with van der Waals surface area (Å²) in [5.74, 6) is 1.26. The van der Waals surface area contributed by atoms with Gasteiger partial charge in [0.05, 0.1) is 5.69 Å². The third-order valence-electron chi connectivity index (χ3n) is 6.02. The molecule has 1 aliphatic rings. The number of anilines is 2. The van der Waals surface area contributed by atoms with E-state index in [9.17, 15) is 0 Å². The third-order valence-corrected chi connectivity index (χ3v) is 6.02. The first-order valence-electron chi connectivity index (χ1n) is 11.2. The van der Waals surface area contributed by atoms with Crippen molar-refractivity contribution in [3.05, 3.63) is 84.1 Å². The molecule has 0 aliphatic carbocycles. The van der Waals surface area contributed by atoms with Gasteiger partial charge in [-0.1, -0.05) is 19.1 Å². The molecular weight excluding hydrogens is 415 g/mol. The Morgan fingerprint density at radius 2 is 2.00 bits per heavy atom. The minimum Gasteiger partial charge on any atom is -0.351 e. The van der Waals surface area contributed by atoms with Gasteiger partial charge in [0, 0.05) is 29.7 Å². The van der Waals surface area contributed by atoms with Crippen LogP contribution in [0.5, 0.6) is 0 Å². The van der Waals surface area contributed by atoms with Crippen LogP contribution in [0.25, 0.3) is 11.1 Å². The highest BCUT2D eigenvalue weighted by atomic mass is 19.1. The Labute approximate surface area is 193 Å². The SMILES string of the molecule is C=CCC1CC(C)Cc2c[nH]cnnc(c(-c3cnc(C)nc3)c2)Nc2c(F)ccc(C)c21. The first-order chi connectivity index (χ1) is 16.0. The number of hydrogen-bond acceptors (Lipinski definition) is 5. The quantitative estimate of drug-likeness (QED) is 0.475. The number of H-pyrrole nitrogens is 1. The summed E-state index contributed by atoms with van der Waals surface area (Å²) >= 11 is 0.